The number of halogens is 4. The number of nitrogens with one attached hydrogen (secondary N) is 2. The third kappa shape index (κ3) is 5.10. The SMILES string of the molecule is CS(=O)(=O)Nc1ccccc1C(=O)Nc1cc(C(F)(F)F)ccc1Cl. The van der Waals surface area contributed by atoms with Gasteiger partial charge in [-0.25, -0.2) is 8.42 Å². The first-order valence-corrected chi connectivity index (χ1v) is 8.99. The minimum Gasteiger partial charge on any atom is -0.321 e. The number of carbonyl (C=O) groups excluding carboxylic acids is 1. The normalized spacial score (nSPS) is 11.9. The third-order valence-electron chi connectivity index (χ3n) is 3.01. The lowest BCUT2D eigenvalue weighted by Gasteiger charge is -2.13. The molecule has 0 aliphatic carbocycles. The molecule has 25 heavy (non-hydrogen) atoms. The molecule has 0 fully saturated rings. The van der Waals surface area contributed by atoms with Crippen LogP contribution in [0, 0.1) is 0 Å². The van der Waals surface area contributed by atoms with Crippen molar-refractivity contribution in [3.63, 3.8) is 0 Å². The number of hydrogen-bond acceptors (Lipinski definition) is 3. The van der Waals surface area contributed by atoms with E-state index in [-0.39, 0.29) is 22.0 Å². The second-order valence-corrected chi connectivity index (χ2v) is 7.22. The van der Waals surface area contributed by atoms with Crippen LogP contribution in [0.25, 0.3) is 0 Å². The molecular formula is C15H12ClF3N2O3S. The lowest BCUT2D eigenvalue weighted by atomic mass is 10.1. The van der Waals surface area contributed by atoms with E-state index >= 15 is 0 Å². The van der Waals surface area contributed by atoms with E-state index in [9.17, 15) is 26.4 Å². The first kappa shape index (κ1) is 19.1. The van der Waals surface area contributed by atoms with Gasteiger partial charge in [0.15, 0.2) is 0 Å². The molecule has 0 heterocycles. The maximum absolute atomic E-state index is 12.8. The molecule has 0 aliphatic rings. The minimum atomic E-state index is -4.60. The summed E-state index contributed by atoms with van der Waals surface area (Å²) in [4.78, 5) is 12.3. The maximum atomic E-state index is 12.8. The van der Waals surface area contributed by atoms with E-state index in [2.05, 4.69) is 10.0 Å². The van der Waals surface area contributed by atoms with Crippen molar-refractivity contribution in [2.45, 2.75) is 6.18 Å². The number of hydrogen-bond donors (Lipinski definition) is 2. The number of para-hydroxylation sites is 1. The molecule has 0 atom stereocenters. The van der Waals surface area contributed by atoms with Crippen LogP contribution in [0.3, 0.4) is 0 Å². The molecule has 10 heteroatoms. The van der Waals surface area contributed by atoms with Gasteiger partial charge in [0.1, 0.15) is 0 Å². The van der Waals surface area contributed by atoms with Crippen LogP contribution in [-0.4, -0.2) is 20.6 Å². The molecule has 1 amide bonds. The van der Waals surface area contributed by atoms with Crippen LogP contribution in [0.4, 0.5) is 24.5 Å². The summed E-state index contributed by atoms with van der Waals surface area (Å²) in [6.45, 7) is 0. The van der Waals surface area contributed by atoms with Crippen LogP contribution in [0.2, 0.25) is 5.02 Å². The molecule has 0 saturated carbocycles. The Morgan fingerprint density at radius 2 is 1.72 bits per heavy atom. The van der Waals surface area contributed by atoms with Gasteiger partial charge in [-0.05, 0) is 30.3 Å². The summed E-state index contributed by atoms with van der Waals surface area (Å²) in [7, 11) is -3.65. The summed E-state index contributed by atoms with van der Waals surface area (Å²) in [5.74, 6) is -0.812. The second-order valence-electron chi connectivity index (χ2n) is 5.07. The van der Waals surface area contributed by atoms with E-state index < -0.39 is 27.7 Å². The summed E-state index contributed by atoms with van der Waals surface area (Å²) in [6, 6.07) is 8.16. The molecule has 0 radical (unpaired) electrons. The van der Waals surface area contributed by atoms with Crippen LogP contribution in [-0.2, 0) is 16.2 Å². The highest BCUT2D eigenvalue weighted by Crippen LogP contribution is 2.34. The van der Waals surface area contributed by atoms with Gasteiger partial charge in [0.25, 0.3) is 5.91 Å². The average Bonchev–Trinajstić information content (AvgIpc) is 2.47. The Kier molecular flexibility index (Phi) is 5.28. The quantitative estimate of drug-likeness (QED) is 0.826. The Bertz CT molecular complexity index is 914. The van der Waals surface area contributed by atoms with Crippen molar-refractivity contribution in [2.24, 2.45) is 0 Å². The van der Waals surface area contributed by atoms with Crippen LogP contribution >= 0.6 is 11.6 Å². The molecule has 2 rings (SSSR count). The number of alkyl halides is 3. The van der Waals surface area contributed by atoms with E-state index in [0.29, 0.717) is 6.07 Å². The van der Waals surface area contributed by atoms with Crippen molar-refractivity contribution in [3.05, 3.63) is 58.6 Å². The standard InChI is InChI=1S/C15H12ClF3N2O3S/c1-25(23,24)21-12-5-3-2-4-10(12)14(22)20-13-8-9(15(17,18)19)6-7-11(13)16/h2-8,21H,1H3,(H,20,22). The van der Waals surface area contributed by atoms with Gasteiger partial charge in [0, 0.05) is 0 Å². The van der Waals surface area contributed by atoms with E-state index in [0.717, 1.165) is 18.4 Å². The van der Waals surface area contributed by atoms with Gasteiger partial charge >= 0.3 is 6.18 Å². The van der Waals surface area contributed by atoms with Crippen LogP contribution in [0.5, 0.6) is 0 Å². The predicted molar refractivity (Wildman–Crippen MR) is 89.3 cm³/mol. The Morgan fingerprint density at radius 3 is 2.32 bits per heavy atom. The van der Waals surface area contributed by atoms with Gasteiger partial charge in [-0.1, -0.05) is 23.7 Å². The fraction of sp³-hybridized carbons (Fsp3) is 0.133. The predicted octanol–water partition coefficient (Wildman–Crippen LogP) is 3.98. The summed E-state index contributed by atoms with van der Waals surface area (Å²) in [5, 5.41) is 2.17. The van der Waals surface area contributed by atoms with Crippen molar-refractivity contribution >= 4 is 38.9 Å². The Labute approximate surface area is 146 Å². The lowest BCUT2D eigenvalue weighted by Crippen LogP contribution is -2.18. The topological polar surface area (TPSA) is 75.3 Å². The molecule has 0 unspecified atom stereocenters. The Balaban J connectivity index is 2.35. The fourth-order valence-electron chi connectivity index (χ4n) is 1.96. The van der Waals surface area contributed by atoms with Crippen molar-refractivity contribution in [3.8, 4) is 0 Å². The van der Waals surface area contributed by atoms with Gasteiger partial charge in [0.2, 0.25) is 10.0 Å². The largest absolute Gasteiger partial charge is 0.416 e. The molecule has 0 bridgehead atoms. The van der Waals surface area contributed by atoms with Gasteiger partial charge in [0.05, 0.1) is 33.8 Å². The van der Waals surface area contributed by atoms with E-state index in [1.807, 2.05) is 0 Å². The smallest absolute Gasteiger partial charge is 0.321 e. The van der Waals surface area contributed by atoms with Crippen LogP contribution < -0.4 is 10.0 Å². The second kappa shape index (κ2) is 6.93. The van der Waals surface area contributed by atoms with Gasteiger partial charge < -0.3 is 5.32 Å². The van der Waals surface area contributed by atoms with Crippen molar-refractivity contribution in [1.29, 1.82) is 0 Å². The first-order valence-electron chi connectivity index (χ1n) is 6.72. The molecule has 0 saturated heterocycles. The first-order chi connectivity index (χ1) is 11.5. The summed E-state index contributed by atoms with van der Waals surface area (Å²) in [6.07, 6.45) is -3.69. The summed E-state index contributed by atoms with van der Waals surface area (Å²) in [5.41, 5.74) is -1.29. The van der Waals surface area contributed by atoms with Gasteiger partial charge in [-0.2, -0.15) is 13.2 Å². The highest BCUT2D eigenvalue weighted by Gasteiger charge is 2.31. The van der Waals surface area contributed by atoms with Crippen molar-refractivity contribution < 1.29 is 26.4 Å². The molecule has 5 nitrogen and oxygen atoms in total. The molecule has 0 aliphatic heterocycles. The highest BCUT2D eigenvalue weighted by molar-refractivity contribution is 7.92. The third-order valence-corrected chi connectivity index (χ3v) is 3.93. The number of sulfonamides is 1. The summed E-state index contributed by atoms with van der Waals surface area (Å²) < 4.78 is 63.2. The minimum absolute atomic E-state index is 0.00871. The fourth-order valence-corrected chi connectivity index (χ4v) is 2.70. The molecule has 0 spiro atoms. The summed E-state index contributed by atoms with van der Waals surface area (Å²) >= 11 is 5.83. The van der Waals surface area contributed by atoms with E-state index in [1.165, 1.54) is 24.3 Å². The van der Waals surface area contributed by atoms with Crippen LogP contribution in [0.1, 0.15) is 15.9 Å². The van der Waals surface area contributed by atoms with Crippen molar-refractivity contribution in [2.75, 3.05) is 16.3 Å². The zero-order valence-electron chi connectivity index (χ0n) is 12.7. The van der Waals surface area contributed by atoms with Crippen molar-refractivity contribution in [1.82, 2.24) is 0 Å². The van der Waals surface area contributed by atoms with E-state index in [1.54, 1.807) is 0 Å². The molecular weight excluding hydrogens is 381 g/mol. The molecule has 2 N–H and O–H groups in total. The zero-order valence-corrected chi connectivity index (χ0v) is 14.3. The molecule has 2 aromatic carbocycles. The number of anilines is 2. The maximum Gasteiger partial charge on any atom is 0.416 e. The number of rotatable bonds is 4. The Morgan fingerprint density at radius 1 is 1.08 bits per heavy atom. The number of benzene rings is 2. The van der Waals surface area contributed by atoms with Gasteiger partial charge in [-0.3, -0.25) is 9.52 Å². The Hall–Kier alpha value is -2.26. The molecule has 134 valence electrons. The van der Waals surface area contributed by atoms with E-state index in [4.69, 9.17) is 11.6 Å². The van der Waals surface area contributed by atoms with Gasteiger partial charge in [-0.15, -0.1) is 0 Å². The zero-order chi connectivity index (χ0) is 18.8. The number of carbonyl (C=O) groups is 1. The average molecular weight is 393 g/mol. The number of amides is 1. The van der Waals surface area contributed by atoms with Crippen LogP contribution in [0.15, 0.2) is 42.5 Å². The molecule has 2 aromatic rings. The molecule has 0 aromatic heterocycles. The monoisotopic (exact) mass is 392 g/mol. The lowest BCUT2D eigenvalue weighted by molar-refractivity contribution is -0.137. The highest BCUT2D eigenvalue weighted by atomic mass is 35.5.